The first-order chi connectivity index (χ1) is 19.8. The number of esters is 1. The number of rotatable bonds is 7. The highest BCUT2D eigenvalue weighted by atomic mass is 79.9. The molecular weight excluding hydrogens is 610 g/mol. The molecule has 2 aromatic carbocycles. The SMILES string of the molecule is CCOC(=O)C1=C(C)N=c2sc(=Cc3ccc(-c4ccccc4C#N)o3)c(=O)n2[C@@H]1c1cc(OC)c(OC)cc1Br. The number of aromatic nitrogens is 1. The second-order valence-electron chi connectivity index (χ2n) is 8.89. The number of methoxy groups -OCH3 is 2. The molecule has 1 aliphatic heterocycles. The van der Waals surface area contributed by atoms with Crippen molar-refractivity contribution in [1.29, 1.82) is 5.26 Å². The van der Waals surface area contributed by atoms with E-state index in [2.05, 4.69) is 27.0 Å². The van der Waals surface area contributed by atoms with Gasteiger partial charge in [0, 0.05) is 16.1 Å². The normalized spacial score (nSPS) is 14.7. The molecule has 1 atom stereocenters. The van der Waals surface area contributed by atoms with Crippen LogP contribution >= 0.6 is 27.3 Å². The van der Waals surface area contributed by atoms with Crippen molar-refractivity contribution < 1.29 is 23.4 Å². The second-order valence-corrected chi connectivity index (χ2v) is 10.8. The van der Waals surface area contributed by atoms with E-state index in [0.717, 1.165) is 0 Å². The zero-order chi connectivity index (χ0) is 29.3. The monoisotopic (exact) mass is 633 g/mol. The molecule has 9 nitrogen and oxygen atoms in total. The molecule has 0 bridgehead atoms. The fraction of sp³-hybridized carbons (Fsp3) is 0.200. The molecule has 0 saturated heterocycles. The van der Waals surface area contributed by atoms with Crippen LogP contribution in [0.25, 0.3) is 17.4 Å². The first kappa shape index (κ1) is 28.1. The number of furan rings is 1. The van der Waals surface area contributed by atoms with E-state index in [4.69, 9.17) is 18.6 Å². The minimum absolute atomic E-state index is 0.162. The Labute approximate surface area is 247 Å². The lowest BCUT2D eigenvalue weighted by Gasteiger charge is -2.26. The molecule has 0 N–H and O–H groups in total. The number of benzene rings is 2. The van der Waals surface area contributed by atoms with Crippen molar-refractivity contribution in [1.82, 2.24) is 4.57 Å². The lowest BCUT2D eigenvalue weighted by molar-refractivity contribution is -0.139. The number of thiazole rings is 1. The molecule has 2 aromatic heterocycles. The van der Waals surface area contributed by atoms with Gasteiger partial charge in [0.05, 0.1) is 54.3 Å². The summed E-state index contributed by atoms with van der Waals surface area (Å²) in [6, 6.07) is 15.4. The molecule has 41 heavy (non-hydrogen) atoms. The zero-order valence-corrected chi connectivity index (χ0v) is 25.0. The lowest BCUT2D eigenvalue weighted by Crippen LogP contribution is -2.40. The molecule has 4 aromatic rings. The van der Waals surface area contributed by atoms with Crippen LogP contribution in [0.5, 0.6) is 11.5 Å². The van der Waals surface area contributed by atoms with E-state index in [0.29, 0.717) is 59.2 Å². The van der Waals surface area contributed by atoms with Crippen LogP contribution in [0.4, 0.5) is 0 Å². The predicted octanol–water partition coefficient (Wildman–Crippen LogP) is 4.71. The van der Waals surface area contributed by atoms with Crippen LogP contribution in [-0.2, 0) is 9.53 Å². The number of carbonyl (C=O) groups is 1. The van der Waals surface area contributed by atoms with Gasteiger partial charge < -0.3 is 18.6 Å². The van der Waals surface area contributed by atoms with Crippen LogP contribution in [0.15, 0.2) is 78.5 Å². The van der Waals surface area contributed by atoms with Crippen molar-refractivity contribution in [2.75, 3.05) is 20.8 Å². The summed E-state index contributed by atoms with van der Waals surface area (Å²) in [7, 11) is 3.04. The molecule has 0 fully saturated rings. The van der Waals surface area contributed by atoms with Crippen molar-refractivity contribution in [3.8, 4) is 28.9 Å². The van der Waals surface area contributed by atoms with Crippen molar-refractivity contribution in [3.05, 3.63) is 101 Å². The van der Waals surface area contributed by atoms with E-state index >= 15 is 0 Å². The minimum atomic E-state index is -0.851. The number of nitrogens with zero attached hydrogens (tertiary/aromatic N) is 3. The summed E-state index contributed by atoms with van der Waals surface area (Å²) in [6.45, 7) is 3.60. The van der Waals surface area contributed by atoms with E-state index in [1.165, 1.54) is 30.1 Å². The average molecular weight is 635 g/mol. The van der Waals surface area contributed by atoms with Gasteiger partial charge in [0.2, 0.25) is 0 Å². The first-order valence-electron chi connectivity index (χ1n) is 12.5. The number of hydrogen-bond donors (Lipinski definition) is 0. The summed E-state index contributed by atoms with van der Waals surface area (Å²) in [4.78, 5) is 32.2. The quantitative estimate of drug-likeness (QED) is 0.271. The number of carbonyl (C=O) groups excluding carboxylic acids is 1. The highest BCUT2D eigenvalue weighted by Gasteiger charge is 2.35. The van der Waals surface area contributed by atoms with Gasteiger partial charge in [0.1, 0.15) is 11.5 Å². The summed E-state index contributed by atoms with van der Waals surface area (Å²) >= 11 is 4.78. The smallest absolute Gasteiger partial charge is 0.338 e. The molecule has 0 unspecified atom stereocenters. The van der Waals surface area contributed by atoms with Crippen LogP contribution < -0.4 is 24.4 Å². The Hall–Kier alpha value is -4.40. The minimum Gasteiger partial charge on any atom is -0.493 e. The van der Waals surface area contributed by atoms with E-state index in [9.17, 15) is 14.9 Å². The van der Waals surface area contributed by atoms with Gasteiger partial charge in [-0.3, -0.25) is 9.36 Å². The van der Waals surface area contributed by atoms with Gasteiger partial charge in [0.15, 0.2) is 16.3 Å². The molecule has 0 spiro atoms. The largest absolute Gasteiger partial charge is 0.493 e. The number of ether oxygens (including phenoxy) is 3. The molecule has 208 valence electrons. The molecular formula is C30H24BrN3O6S. The fourth-order valence-electron chi connectivity index (χ4n) is 4.67. The van der Waals surface area contributed by atoms with Gasteiger partial charge in [-0.05, 0) is 55.8 Å². The predicted molar refractivity (Wildman–Crippen MR) is 157 cm³/mol. The average Bonchev–Trinajstić information content (AvgIpc) is 3.56. The van der Waals surface area contributed by atoms with Crippen molar-refractivity contribution >= 4 is 39.3 Å². The molecule has 0 amide bonds. The van der Waals surface area contributed by atoms with Crippen molar-refractivity contribution in [3.63, 3.8) is 0 Å². The number of nitriles is 1. The van der Waals surface area contributed by atoms with Crippen LogP contribution in [0.3, 0.4) is 0 Å². The van der Waals surface area contributed by atoms with E-state index in [1.807, 2.05) is 6.07 Å². The van der Waals surface area contributed by atoms with Gasteiger partial charge in [-0.1, -0.05) is 39.4 Å². The number of halogens is 1. The summed E-state index contributed by atoms with van der Waals surface area (Å²) in [5, 5.41) is 9.46. The highest BCUT2D eigenvalue weighted by Crippen LogP contribution is 2.40. The van der Waals surface area contributed by atoms with Gasteiger partial charge >= 0.3 is 5.97 Å². The summed E-state index contributed by atoms with van der Waals surface area (Å²) in [6.07, 6.45) is 1.63. The molecule has 1 aliphatic rings. The molecule has 0 radical (unpaired) electrons. The Bertz CT molecular complexity index is 1930. The maximum Gasteiger partial charge on any atom is 0.338 e. The third kappa shape index (κ3) is 5.12. The number of allylic oxidation sites excluding steroid dienone is 1. The Morgan fingerprint density at radius 1 is 1.20 bits per heavy atom. The summed E-state index contributed by atoms with van der Waals surface area (Å²) in [5.41, 5.74) is 2.06. The summed E-state index contributed by atoms with van der Waals surface area (Å²) in [5.74, 6) is 1.30. The Morgan fingerprint density at radius 3 is 2.63 bits per heavy atom. The van der Waals surface area contributed by atoms with Crippen molar-refractivity contribution in [2.24, 2.45) is 4.99 Å². The maximum absolute atomic E-state index is 14.0. The first-order valence-corrected chi connectivity index (χ1v) is 14.1. The third-order valence-electron chi connectivity index (χ3n) is 6.53. The topological polar surface area (TPSA) is 116 Å². The molecule has 3 heterocycles. The summed E-state index contributed by atoms with van der Waals surface area (Å²) < 4.78 is 24.8. The standard InChI is InChI=1S/C30H24BrN3O6S/c1-5-39-29(36)26-16(2)33-30-34(27(26)20-13-23(37-3)24(38-4)14-21(20)31)28(35)25(41-30)12-18-10-11-22(40-18)19-9-7-6-8-17(19)15-32/h6-14,27H,5H2,1-4H3/t27-/m1/s1. The Kier molecular flexibility index (Phi) is 7.97. The van der Waals surface area contributed by atoms with E-state index < -0.39 is 12.0 Å². The van der Waals surface area contributed by atoms with Crippen molar-refractivity contribution in [2.45, 2.75) is 19.9 Å². The Morgan fingerprint density at radius 2 is 1.93 bits per heavy atom. The van der Waals surface area contributed by atoms with E-state index in [-0.39, 0.29) is 17.7 Å². The molecule has 0 saturated carbocycles. The maximum atomic E-state index is 14.0. The van der Waals surface area contributed by atoms with Crippen LogP contribution in [-0.4, -0.2) is 31.4 Å². The van der Waals surface area contributed by atoms with E-state index in [1.54, 1.807) is 62.4 Å². The molecule has 0 aliphatic carbocycles. The molecule has 5 rings (SSSR count). The second kappa shape index (κ2) is 11.6. The highest BCUT2D eigenvalue weighted by molar-refractivity contribution is 9.10. The fourth-order valence-corrected chi connectivity index (χ4v) is 6.23. The van der Waals surface area contributed by atoms with Gasteiger partial charge in [-0.15, -0.1) is 0 Å². The molecule has 11 heteroatoms. The van der Waals surface area contributed by atoms with Gasteiger partial charge in [-0.2, -0.15) is 5.26 Å². The number of fused-ring (bicyclic) bond motifs is 1. The van der Waals surface area contributed by atoms with Crippen LogP contribution in [0, 0.1) is 11.3 Å². The Balaban J connectivity index is 1.69. The van der Waals surface area contributed by atoms with Gasteiger partial charge in [0.25, 0.3) is 5.56 Å². The lowest BCUT2D eigenvalue weighted by atomic mass is 9.95. The van der Waals surface area contributed by atoms with Crippen LogP contribution in [0.1, 0.15) is 36.8 Å². The van der Waals surface area contributed by atoms with Gasteiger partial charge in [-0.25, -0.2) is 9.79 Å². The zero-order valence-electron chi connectivity index (χ0n) is 22.6. The number of hydrogen-bond acceptors (Lipinski definition) is 9. The third-order valence-corrected chi connectivity index (χ3v) is 8.20. The van der Waals surface area contributed by atoms with Crippen LogP contribution in [0.2, 0.25) is 0 Å².